The minimum Gasteiger partial charge on any atom is -0.338 e. The van der Waals surface area contributed by atoms with E-state index in [1.807, 2.05) is 24.3 Å². The van der Waals surface area contributed by atoms with Gasteiger partial charge in [0.2, 0.25) is 0 Å². The molecule has 2 aromatic heterocycles. The van der Waals surface area contributed by atoms with Gasteiger partial charge in [-0.05, 0) is 48.7 Å². The minimum atomic E-state index is -0.0765. The summed E-state index contributed by atoms with van der Waals surface area (Å²) < 4.78 is 0. The maximum Gasteiger partial charge on any atom is 0.256 e. The fraction of sp³-hybridized carbons (Fsp3) is 0.261. The van der Waals surface area contributed by atoms with Crippen LogP contribution >= 0.6 is 11.6 Å². The van der Waals surface area contributed by atoms with Gasteiger partial charge < -0.3 is 4.90 Å². The standard InChI is InChI=1S/C23H20ClN5O/c24-18-5-3-16(4-6-18)14-21-26-11-7-20(28-21)22-19(2-1-10-27-22)23(30)29-12-8-17(15-25)9-13-29/h1-7,10-11,17H,8-9,12-14H2. The van der Waals surface area contributed by atoms with E-state index in [-0.39, 0.29) is 11.8 Å². The summed E-state index contributed by atoms with van der Waals surface area (Å²) in [4.78, 5) is 28.4. The number of nitrogens with zero attached hydrogens (tertiary/aromatic N) is 5. The van der Waals surface area contributed by atoms with E-state index < -0.39 is 0 Å². The Morgan fingerprint density at radius 1 is 1.10 bits per heavy atom. The first-order chi connectivity index (χ1) is 14.6. The molecule has 7 heteroatoms. The second-order valence-corrected chi connectivity index (χ2v) is 7.69. The SMILES string of the molecule is N#CC1CCN(C(=O)c2cccnc2-c2ccnc(Cc3ccc(Cl)cc3)n2)CC1. The topological polar surface area (TPSA) is 82.8 Å². The highest BCUT2D eigenvalue weighted by Crippen LogP contribution is 2.24. The molecule has 6 nitrogen and oxygen atoms in total. The molecule has 1 aromatic carbocycles. The fourth-order valence-corrected chi connectivity index (χ4v) is 3.69. The van der Waals surface area contributed by atoms with Crippen LogP contribution in [-0.2, 0) is 6.42 Å². The fourth-order valence-electron chi connectivity index (χ4n) is 3.56. The number of benzene rings is 1. The molecule has 4 rings (SSSR count). The highest BCUT2D eigenvalue weighted by Gasteiger charge is 2.26. The van der Waals surface area contributed by atoms with Crippen molar-refractivity contribution < 1.29 is 4.79 Å². The van der Waals surface area contributed by atoms with Crippen molar-refractivity contribution in [3.8, 4) is 17.5 Å². The van der Waals surface area contributed by atoms with Gasteiger partial charge in [-0.1, -0.05) is 23.7 Å². The Morgan fingerprint density at radius 2 is 1.87 bits per heavy atom. The summed E-state index contributed by atoms with van der Waals surface area (Å²) in [6.45, 7) is 1.16. The van der Waals surface area contributed by atoms with E-state index in [9.17, 15) is 4.79 Å². The molecule has 1 saturated heterocycles. The van der Waals surface area contributed by atoms with Crippen molar-refractivity contribution in [3.05, 3.63) is 76.8 Å². The van der Waals surface area contributed by atoms with Crippen LogP contribution in [0.15, 0.2) is 54.9 Å². The van der Waals surface area contributed by atoms with Crippen LogP contribution in [0.3, 0.4) is 0 Å². The summed E-state index contributed by atoms with van der Waals surface area (Å²) in [5.41, 5.74) is 2.73. The van der Waals surface area contributed by atoms with Gasteiger partial charge in [0.25, 0.3) is 5.91 Å². The van der Waals surface area contributed by atoms with Crippen molar-refractivity contribution in [2.24, 2.45) is 5.92 Å². The zero-order valence-corrected chi connectivity index (χ0v) is 17.1. The molecule has 0 aliphatic carbocycles. The van der Waals surface area contributed by atoms with Crippen LogP contribution in [0.25, 0.3) is 11.4 Å². The first kappa shape index (κ1) is 20.0. The van der Waals surface area contributed by atoms with E-state index >= 15 is 0 Å². The van der Waals surface area contributed by atoms with Crippen LogP contribution in [0, 0.1) is 17.2 Å². The van der Waals surface area contributed by atoms with Gasteiger partial charge in [0, 0.05) is 42.8 Å². The molecule has 1 aliphatic heterocycles. The number of piperidine rings is 1. The van der Waals surface area contributed by atoms with Crippen molar-refractivity contribution >= 4 is 17.5 Å². The van der Waals surface area contributed by atoms with Gasteiger partial charge in [0.05, 0.1) is 17.3 Å². The lowest BCUT2D eigenvalue weighted by molar-refractivity contribution is 0.0707. The second kappa shape index (κ2) is 9.02. The number of carbonyl (C=O) groups excluding carboxylic acids is 1. The third-order valence-corrected chi connectivity index (χ3v) is 5.48. The molecule has 1 aliphatic rings. The van der Waals surface area contributed by atoms with Gasteiger partial charge >= 0.3 is 0 Å². The largest absolute Gasteiger partial charge is 0.338 e. The van der Waals surface area contributed by atoms with E-state index in [0.29, 0.717) is 60.2 Å². The minimum absolute atomic E-state index is 0.0275. The summed E-state index contributed by atoms with van der Waals surface area (Å²) in [5, 5.41) is 9.77. The zero-order chi connectivity index (χ0) is 20.9. The van der Waals surface area contributed by atoms with Gasteiger partial charge in [-0.15, -0.1) is 0 Å². The smallest absolute Gasteiger partial charge is 0.256 e. The molecule has 0 atom stereocenters. The lowest BCUT2D eigenvalue weighted by Gasteiger charge is -2.29. The average Bonchev–Trinajstić information content (AvgIpc) is 2.80. The van der Waals surface area contributed by atoms with E-state index in [2.05, 4.69) is 21.0 Å². The molecule has 0 bridgehead atoms. The van der Waals surface area contributed by atoms with Crippen molar-refractivity contribution in [2.45, 2.75) is 19.3 Å². The molecule has 3 aromatic rings. The van der Waals surface area contributed by atoms with Gasteiger partial charge in [0.1, 0.15) is 11.5 Å². The number of nitriles is 1. The monoisotopic (exact) mass is 417 g/mol. The highest BCUT2D eigenvalue weighted by atomic mass is 35.5. The van der Waals surface area contributed by atoms with E-state index in [1.165, 1.54) is 0 Å². The number of pyridine rings is 1. The van der Waals surface area contributed by atoms with Gasteiger partial charge in [0.15, 0.2) is 0 Å². The Hall–Kier alpha value is -3.30. The van der Waals surface area contributed by atoms with E-state index in [0.717, 1.165) is 5.56 Å². The highest BCUT2D eigenvalue weighted by molar-refractivity contribution is 6.30. The van der Waals surface area contributed by atoms with Crippen LogP contribution in [0.5, 0.6) is 0 Å². The molecule has 3 heterocycles. The number of hydrogen-bond donors (Lipinski definition) is 0. The van der Waals surface area contributed by atoms with Crippen LogP contribution in [0.4, 0.5) is 0 Å². The lowest BCUT2D eigenvalue weighted by Crippen LogP contribution is -2.38. The van der Waals surface area contributed by atoms with Crippen LogP contribution in [-0.4, -0.2) is 38.8 Å². The summed E-state index contributed by atoms with van der Waals surface area (Å²) in [7, 11) is 0. The van der Waals surface area contributed by atoms with Crippen molar-refractivity contribution in [2.75, 3.05) is 13.1 Å². The Morgan fingerprint density at radius 3 is 2.60 bits per heavy atom. The molecular weight excluding hydrogens is 398 g/mol. The second-order valence-electron chi connectivity index (χ2n) is 7.26. The van der Waals surface area contributed by atoms with Crippen molar-refractivity contribution in [3.63, 3.8) is 0 Å². The molecule has 0 radical (unpaired) electrons. The molecule has 0 spiro atoms. The Bertz CT molecular complexity index is 1090. The third kappa shape index (κ3) is 4.47. The molecule has 1 amide bonds. The van der Waals surface area contributed by atoms with Gasteiger partial charge in [-0.25, -0.2) is 9.97 Å². The number of aromatic nitrogens is 3. The molecule has 150 valence electrons. The molecule has 0 N–H and O–H groups in total. The van der Waals surface area contributed by atoms with Crippen LogP contribution in [0.1, 0.15) is 34.6 Å². The number of likely N-dealkylation sites (tertiary alicyclic amines) is 1. The summed E-state index contributed by atoms with van der Waals surface area (Å²) in [6, 6.07) is 15.2. The lowest BCUT2D eigenvalue weighted by atomic mass is 9.97. The maximum atomic E-state index is 13.1. The van der Waals surface area contributed by atoms with Crippen LogP contribution in [0.2, 0.25) is 5.02 Å². The summed E-state index contributed by atoms with van der Waals surface area (Å²) >= 11 is 5.96. The Balaban J connectivity index is 1.58. The number of halogens is 1. The quantitative estimate of drug-likeness (QED) is 0.636. The van der Waals surface area contributed by atoms with Crippen LogP contribution < -0.4 is 0 Å². The predicted molar refractivity (Wildman–Crippen MR) is 114 cm³/mol. The summed E-state index contributed by atoms with van der Waals surface area (Å²) in [6.07, 6.45) is 5.32. The molecule has 0 unspecified atom stereocenters. The molecule has 0 saturated carbocycles. The predicted octanol–water partition coefficient (Wildman–Crippen LogP) is 4.16. The molecule has 30 heavy (non-hydrogen) atoms. The van der Waals surface area contributed by atoms with E-state index in [4.69, 9.17) is 16.9 Å². The Kier molecular flexibility index (Phi) is 6.01. The number of hydrogen-bond acceptors (Lipinski definition) is 5. The number of carbonyl (C=O) groups is 1. The Labute approximate surface area is 180 Å². The number of amides is 1. The normalized spacial score (nSPS) is 14.3. The molecule has 1 fully saturated rings. The van der Waals surface area contributed by atoms with Crippen molar-refractivity contribution in [1.29, 1.82) is 5.26 Å². The first-order valence-corrected chi connectivity index (χ1v) is 10.2. The number of rotatable bonds is 4. The molecular formula is C23H20ClN5O. The summed E-state index contributed by atoms with van der Waals surface area (Å²) in [5.74, 6) is 0.598. The average molecular weight is 418 g/mol. The third-order valence-electron chi connectivity index (χ3n) is 5.23. The van der Waals surface area contributed by atoms with Crippen molar-refractivity contribution in [1.82, 2.24) is 19.9 Å². The first-order valence-electron chi connectivity index (χ1n) is 9.84. The van der Waals surface area contributed by atoms with Gasteiger partial charge in [-0.3, -0.25) is 9.78 Å². The zero-order valence-electron chi connectivity index (χ0n) is 16.3. The van der Waals surface area contributed by atoms with E-state index in [1.54, 1.807) is 35.5 Å². The maximum absolute atomic E-state index is 13.1. The van der Waals surface area contributed by atoms with Gasteiger partial charge in [-0.2, -0.15) is 5.26 Å².